The second kappa shape index (κ2) is 8.91. The minimum Gasteiger partial charge on any atom is -0.131 e. The number of fused-ring (bicyclic) bond motifs is 3. The van der Waals surface area contributed by atoms with Gasteiger partial charge in [-0.05, 0) is 109 Å². The molecule has 0 unspecified atom stereocenters. The van der Waals surface area contributed by atoms with Crippen LogP contribution in [0.1, 0.15) is 52.7 Å². The topological polar surface area (TPSA) is 0 Å². The molecule has 0 aliphatic carbocycles. The van der Waals surface area contributed by atoms with Gasteiger partial charge in [-0.2, -0.15) is 0 Å². The smallest absolute Gasteiger partial charge is 0.131 e. The van der Waals surface area contributed by atoms with E-state index in [1.807, 2.05) is 0 Å². The molecule has 8 rings (SSSR count). The van der Waals surface area contributed by atoms with Crippen LogP contribution in [0.15, 0.2) is 60.7 Å². The summed E-state index contributed by atoms with van der Waals surface area (Å²) in [6, 6.07) is 24.1. The first-order valence-corrected chi connectivity index (χ1v) is 17.0. The highest BCUT2D eigenvalue weighted by Gasteiger charge is 2.23. The van der Waals surface area contributed by atoms with E-state index >= 15 is 0 Å². The van der Waals surface area contributed by atoms with Crippen LogP contribution in [0.5, 0.6) is 0 Å². The van der Waals surface area contributed by atoms with Crippen LogP contribution in [-0.2, 0) is 10.8 Å². The molecule has 8 aromatic carbocycles. The Bertz CT molecular complexity index is 2250. The van der Waals surface area contributed by atoms with Gasteiger partial charge in [-0.1, -0.05) is 90.1 Å². The number of benzene rings is 8. The molecule has 0 N–H and O–H groups in total. The van der Waals surface area contributed by atoms with Crippen molar-refractivity contribution in [3.05, 3.63) is 71.8 Å². The number of hydrogen-bond donors (Lipinski definition) is 0. The van der Waals surface area contributed by atoms with Crippen molar-refractivity contribution in [1.29, 1.82) is 0 Å². The summed E-state index contributed by atoms with van der Waals surface area (Å²) in [7, 11) is 0. The Labute approximate surface area is 280 Å². The maximum Gasteiger partial charge on any atom is 0.176 e. The zero-order valence-electron chi connectivity index (χ0n) is 25.1. The Morgan fingerprint density at radius 1 is 0.333 bits per heavy atom. The predicted molar refractivity (Wildman–Crippen MR) is 190 cm³/mol. The monoisotopic (exact) mass is 592 g/mol. The van der Waals surface area contributed by atoms with E-state index in [0.29, 0.717) is 0 Å². The summed E-state index contributed by atoms with van der Waals surface area (Å²) in [5, 5.41) is 18.9. The van der Waals surface area contributed by atoms with E-state index in [9.17, 15) is 0 Å². The van der Waals surface area contributed by atoms with Crippen molar-refractivity contribution in [2.24, 2.45) is 0 Å². The van der Waals surface area contributed by atoms with E-state index in [-0.39, 0.29) is 10.8 Å². The van der Waals surface area contributed by atoms with Crippen LogP contribution in [0.2, 0.25) is 0 Å². The molecule has 42 heavy (non-hydrogen) atoms. The van der Waals surface area contributed by atoms with Crippen LogP contribution in [0.25, 0.3) is 75.4 Å². The fourth-order valence-corrected chi connectivity index (χ4v) is 9.12. The Hall–Kier alpha value is -1.77. The van der Waals surface area contributed by atoms with Crippen molar-refractivity contribution in [1.82, 2.24) is 0 Å². The lowest BCUT2D eigenvalue weighted by atomic mass is 9.81. The van der Waals surface area contributed by atoms with E-state index in [0.717, 1.165) is 0 Å². The van der Waals surface area contributed by atoms with Crippen LogP contribution in [-0.4, -0.2) is 65.2 Å². The van der Waals surface area contributed by atoms with Gasteiger partial charge < -0.3 is 0 Å². The molecule has 0 saturated heterocycles. The summed E-state index contributed by atoms with van der Waals surface area (Å²) in [6.07, 6.45) is 0. The molecule has 4 heteroatoms. The Balaban J connectivity index is 1.65. The fraction of sp³-hybridized carbons (Fsp3) is 0.211. The number of rotatable bonds is 0. The molecule has 0 fully saturated rings. The van der Waals surface area contributed by atoms with E-state index in [2.05, 4.69) is 167 Å². The van der Waals surface area contributed by atoms with Crippen LogP contribution < -0.4 is 17.7 Å². The first-order valence-electron chi connectivity index (χ1n) is 14.7. The van der Waals surface area contributed by atoms with Crippen molar-refractivity contribution >= 4 is 158 Å². The summed E-state index contributed by atoms with van der Waals surface area (Å²) in [6.45, 7) is 13.8. The van der Waals surface area contributed by atoms with Crippen molar-refractivity contribution in [3.63, 3.8) is 0 Å². The molecule has 0 atom stereocenters. The summed E-state index contributed by atoms with van der Waals surface area (Å²) >= 11 is 12.3. The summed E-state index contributed by atoms with van der Waals surface area (Å²) < 4.78 is 5.05. The van der Waals surface area contributed by atoms with Crippen molar-refractivity contribution in [2.45, 2.75) is 52.4 Å². The van der Waals surface area contributed by atoms with Gasteiger partial charge in [-0.25, -0.2) is 0 Å². The maximum atomic E-state index is 3.12. The van der Waals surface area contributed by atoms with Gasteiger partial charge in [0.05, 0.1) is 0 Å². The lowest BCUT2D eigenvalue weighted by Gasteiger charge is -2.26. The summed E-state index contributed by atoms with van der Waals surface area (Å²) in [5.41, 5.74) is 2.93. The average molecular weight is 593 g/mol. The fourth-order valence-electron chi connectivity index (χ4n) is 7.37. The molecule has 0 spiro atoms. The van der Waals surface area contributed by atoms with Gasteiger partial charge in [0, 0.05) is 0 Å². The van der Waals surface area contributed by atoms with E-state index < -0.39 is 0 Å². The van der Waals surface area contributed by atoms with E-state index in [4.69, 9.17) is 0 Å². The van der Waals surface area contributed by atoms with Gasteiger partial charge in [-0.3, -0.25) is 0 Å². The van der Waals surface area contributed by atoms with Gasteiger partial charge in [0.2, 0.25) is 0 Å². The Morgan fingerprint density at radius 2 is 0.643 bits per heavy atom. The standard InChI is InChI=1S/C38H28.4Al/c1-37(2,3)28-17-23-9-7-21-15-27-16-22-8-10-24-18-29(38(4,5)6)20-26-12-14-31(36(22)33(24)26)34(27)30-13-11-25(19-28)32(23)35(21)30;;;;/h9-12,15-20H,1-6H3;;;;. The van der Waals surface area contributed by atoms with E-state index in [1.165, 1.54) is 104 Å². The molecule has 8 aromatic rings. The van der Waals surface area contributed by atoms with Crippen molar-refractivity contribution in [2.75, 3.05) is 0 Å². The van der Waals surface area contributed by atoms with Crippen LogP contribution in [0, 0.1) is 0 Å². The number of hydrogen-bond acceptors (Lipinski definition) is 0. The highest BCUT2D eigenvalue weighted by Crippen LogP contribution is 2.44. The van der Waals surface area contributed by atoms with Crippen molar-refractivity contribution < 1.29 is 0 Å². The van der Waals surface area contributed by atoms with Gasteiger partial charge in [-0.15, -0.1) is 17.7 Å². The third-order valence-corrected chi connectivity index (χ3v) is 11.4. The molecule has 0 nitrogen and oxygen atoms in total. The molecule has 0 aliphatic heterocycles. The molecule has 0 saturated carbocycles. The lowest BCUT2D eigenvalue weighted by Crippen LogP contribution is -2.16. The average Bonchev–Trinajstić information content (AvgIpc) is 2.89. The first kappa shape index (κ1) is 27.8. The molecular formula is C38H28Al4. The minimum atomic E-state index is 0.0863. The highest BCUT2D eigenvalue weighted by atomic mass is 27.1. The largest absolute Gasteiger partial charge is 0.176 e. The Morgan fingerprint density at radius 3 is 0.976 bits per heavy atom. The van der Waals surface area contributed by atoms with Gasteiger partial charge in [0.15, 0.2) is 65.2 Å². The normalized spacial score (nSPS) is 13.4. The summed E-state index contributed by atoms with van der Waals surface area (Å²) in [5.74, 6) is 0. The molecule has 0 amide bonds. The highest BCUT2D eigenvalue weighted by molar-refractivity contribution is 6.56. The minimum absolute atomic E-state index is 0.0863. The van der Waals surface area contributed by atoms with Crippen molar-refractivity contribution in [3.8, 4) is 0 Å². The lowest BCUT2D eigenvalue weighted by molar-refractivity contribution is 0.591. The van der Waals surface area contributed by atoms with Crippen LogP contribution in [0.3, 0.4) is 0 Å². The third-order valence-electron chi connectivity index (χ3n) is 9.50. The third kappa shape index (κ3) is 3.79. The second-order valence-electron chi connectivity index (χ2n) is 14.4. The SMILES string of the molecule is CC(C)(C)c1cc2c[c]([Al])c3cc4cc5[c]([Al])cc6cc(C(C)(C)C)cc7c[c]([Al])c(c4c4[c]([Al])cc(c1)c2c34)c5c67. The molecule has 0 aromatic heterocycles. The molecule has 8 radical (unpaired) electrons. The van der Waals surface area contributed by atoms with Gasteiger partial charge in [0.25, 0.3) is 0 Å². The molecule has 0 aliphatic rings. The first-order chi connectivity index (χ1) is 19.7. The van der Waals surface area contributed by atoms with Gasteiger partial charge >= 0.3 is 0 Å². The zero-order chi connectivity index (χ0) is 29.6. The molecule has 0 bridgehead atoms. The molecular weight excluding hydrogens is 564 g/mol. The molecule has 0 heterocycles. The zero-order valence-corrected chi connectivity index (χ0v) is 29.7. The Kier molecular flexibility index (Phi) is 5.89. The predicted octanol–water partition coefficient (Wildman–Crippen LogP) is 6.40. The van der Waals surface area contributed by atoms with Gasteiger partial charge in [0.1, 0.15) is 0 Å². The van der Waals surface area contributed by atoms with E-state index in [1.54, 1.807) is 0 Å². The molecule has 192 valence electrons. The second-order valence-corrected chi connectivity index (χ2v) is 16.9. The maximum absolute atomic E-state index is 3.12. The van der Waals surface area contributed by atoms with Crippen LogP contribution >= 0.6 is 0 Å². The van der Waals surface area contributed by atoms with Crippen LogP contribution in [0.4, 0.5) is 0 Å². The summed E-state index contributed by atoms with van der Waals surface area (Å²) in [4.78, 5) is 0. The quantitative estimate of drug-likeness (QED) is 0.109.